The van der Waals surface area contributed by atoms with E-state index < -0.39 is 60.2 Å². The minimum Gasteiger partial charge on any atom is -0.459 e. The van der Waals surface area contributed by atoms with E-state index in [9.17, 15) is 9.90 Å². The van der Waals surface area contributed by atoms with Gasteiger partial charge in [-0.05, 0) is 61.1 Å². The predicted octanol–water partition coefficient (Wildman–Crippen LogP) is 13.7. The zero-order valence-corrected chi connectivity index (χ0v) is 46.1. The van der Waals surface area contributed by atoms with Gasteiger partial charge < -0.3 is 43.0 Å². The summed E-state index contributed by atoms with van der Waals surface area (Å²) in [5.74, 6) is -3.18. The number of aliphatic hydroxyl groups excluding tert-OH is 1. The fourth-order valence-corrected chi connectivity index (χ4v) is 10.7. The lowest BCUT2D eigenvalue weighted by atomic mass is 9.86. The predicted molar refractivity (Wildman–Crippen MR) is 299 cm³/mol. The van der Waals surface area contributed by atoms with Gasteiger partial charge in [0, 0.05) is 20.1 Å². The van der Waals surface area contributed by atoms with Crippen LogP contribution in [0.15, 0.2) is 152 Å². The Bertz CT molecular complexity index is 2410. The third-order valence-corrected chi connectivity index (χ3v) is 14.9. The topological polar surface area (TPSA) is 131 Å². The number of benzene rings is 5. The van der Waals surface area contributed by atoms with Gasteiger partial charge in [0.2, 0.25) is 0 Å². The summed E-state index contributed by atoms with van der Waals surface area (Å²) in [7, 11) is 1.55. The second-order valence-electron chi connectivity index (χ2n) is 21.2. The molecule has 0 aromatic heterocycles. The fraction of sp³-hybridized carbons (Fsp3) is 0.508. The monoisotopic (exact) mass is 1060 g/mol. The first kappa shape index (κ1) is 59.2. The molecule has 0 saturated carbocycles. The first-order chi connectivity index (χ1) is 37.6. The van der Waals surface area contributed by atoms with Crippen molar-refractivity contribution in [3.63, 3.8) is 0 Å². The molecule has 5 aromatic carbocycles. The van der Waals surface area contributed by atoms with Gasteiger partial charge in [-0.2, -0.15) is 0 Å². The van der Waals surface area contributed by atoms with Crippen molar-refractivity contribution in [2.75, 3.05) is 13.7 Å². The maximum atomic E-state index is 15.0. The lowest BCUT2D eigenvalue weighted by molar-refractivity contribution is -0.374. The van der Waals surface area contributed by atoms with Crippen LogP contribution in [-0.4, -0.2) is 90.0 Å². The number of esters is 1. The molecule has 7 rings (SSSR count). The first-order valence-electron chi connectivity index (χ1n) is 28.4. The zero-order valence-electron chi connectivity index (χ0n) is 46.1. The van der Waals surface area contributed by atoms with Gasteiger partial charge in [-0.3, -0.25) is 4.90 Å². The van der Waals surface area contributed by atoms with Crippen molar-refractivity contribution >= 4 is 12.1 Å². The van der Waals surface area contributed by atoms with Gasteiger partial charge in [-0.15, -0.1) is 0 Å². The van der Waals surface area contributed by atoms with Crippen LogP contribution in [0.1, 0.15) is 150 Å². The van der Waals surface area contributed by atoms with Crippen molar-refractivity contribution in [3.05, 3.63) is 179 Å². The Labute approximate surface area is 458 Å². The van der Waals surface area contributed by atoms with Crippen LogP contribution < -0.4 is 0 Å². The number of aliphatic hydroxyl groups is 1. The molecule has 2 aliphatic rings. The number of ether oxygens (including phenoxy) is 8. The molecule has 1 amide bonds. The molecule has 12 nitrogen and oxygen atoms in total. The summed E-state index contributed by atoms with van der Waals surface area (Å²) < 4.78 is 53.3. The summed E-state index contributed by atoms with van der Waals surface area (Å²) in [6.07, 6.45) is 9.82. The number of amides is 1. The first-order valence-corrected chi connectivity index (χ1v) is 28.4. The van der Waals surface area contributed by atoms with Gasteiger partial charge >= 0.3 is 12.1 Å². The number of carbonyl (C=O) groups is 2. The highest BCUT2D eigenvalue weighted by Gasteiger charge is 2.58. The molecular weight excluding hydrogens is 971 g/mol. The SMILES string of the molecule is CCCCCCCCCCCCCCC1OC(C)(C)O[C@H]1[C@H](CC[C@]1(OC)OC(COC(=O)c2ccccc2)[C@H](O)C(OCc2ccccc2)[C@H]1OCc1ccccc1)N(Cc1ccccc1)C(=O)OCc1ccccc1. The molecule has 0 aliphatic carbocycles. The maximum Gasteiger partial charge on any atom is 0.410 e. The van der Waals surface area contributed by atoms with Crippen LogP contribution in [0, 0.1) is 0 Å². The molecule has 5 aromatic rings. The smallest absolute Gasteiger partial charge is 0.410 e. The van der Waals surface area contributed by atoms with Crippen molar-refractivity contribution in [1.82, 2.24) is 4.90 Å². The summed E-state index contributed by atoms with van der Waals surface area (Å²) >= 11 is 0. The summed E-state index contributed by atoms with van der Waals surface area (Å²) in [6.45, 7) is 6.35. The van der Waals surface area contributed by atoms with E-state index in [-0.39, 0.29) is 51.9 Å². The molecule has 1 N–H and O–H groups in total. The minimum atomic E-state index is -1.65. The van der Waals surface area contributed by atoms with E-state index in [1.165, 1.54) is 57.8 Å². The van der Waals surface area contributed by atoms with E-state index >= 15 is 4.79 Å². The summed E-state index contributed by atoms with van der Waals surface area (Å²) in [5.41, 5.74) is 3.89. The molecule has 2 heterocycles. The number of carbonyl (C=O) groups excluding carboxylic acids is 2. The van der Waals surface area contributed by atoms with Crippen molar-refractivity contribution in [2.24, 2.45) is 0 Å². The van der Waals surface area contributed by atoms with Gasteiger partial charge in [0.15, 0.2) is 11.6 Å². The third-order valence-electron chi connectivity index (χ3n) is 14.9. The van der Waals surface area contributed by atoms with Gasteiger partial charge in [-0.1, -0.05) is 224 Å². The van der Waals surface area contributed by atoms with E-state index in [4.69, 9.17) is 37.9 Å². The van der Waals surface area contributed by atoms with Crippen molar-refractivity contribution in [2.45, 2.75) is 198 Å². The standard InChI is InChI=1S/C65H85NO11/c1-5-6-7-8-9-10-11-12-13-14-15-31-42-56-59(77-64(2,3)75-56)55(66(45-50-32-21-16-22-33-50)63(69)74-48-53-38-27-19-28-39-53)43-44-65(70-4)61(72-47-52-36-25-18-26-37-52)60(71-46-51-34-23-17-24-35-51)58(67)57(76-65)49-73-62(68)54-40-29-20-30-41-54/h16-30,32-41,55-61,67H,5-15,31,42-49H2,1-4H3/t55-,56?,57?,58-,59-,60?,61+,65-/m0/s1. The van der Waals surface area contributed by atoms with E-state index in [0.29, 0.717) is 5.56 Å². The lowest BCUT2D eigenvalue weighted by Crippen LogP contribution is -2.67. The zero-order chi connectivity index (χ0) is 54.1. The van der Waals surface area contributed by atoms with Crippen molar-refractivity contribution in [3.8, 4) is 0 Å². The van der Waals surface area contributed by atoms with E-state index in [2.05, 4.69) is 6.92 Å². The number of methoxy groups -OCH3 is 1. The van der Waals surface area contributed by atoms with Gasteiger partial charge in [0.25, 0.3) is 0 Å². The van der Waals surface area contributed by atoms with E-state index in [1.807, 2.05) is 141 Å². The number of nitrogens with zero attached hydrogens (tertiary/aromatic N) is 1. The number of unbranched alkanes of at least 4 members (excludes halogenated alkanes) is 11. The largest absolute Gasteiger partial charge is 0.459 e. The molecular formula is C65H85NO11. The Hall–Kier alpha value is -5.44. The maximum absolute atomic E-state index is 15.0. The van der Waals surface area contributed by atoms with E-state index in [0.717, 1.165) is 47.9 Å². The molecule has 2 saturated heterocycles. The van der Waals surface area contributed by atoms with E-state index in [1.54, 1.807) is 36.3 Å². The molecule has 0 bridgehead atoms. The van der Waals surface area contributed by atoms with Crippen LogP contribution in [0.5, 0.6) is 0 Å². The quantitative estimate of drug-likeness (QED) is 0.0326. The second-order valence-corrected chi connectivity index (χ2v) is 21.2. The molecule has 3 unspecified atom stereocenters. The second kappa shape index (κ2) is 31.2. The van der Waals surface area contributed by atoms with Crippen LogP contribution in [0.3, 0.4) is 0 Å². The Balaban J connectivity index is 1.22. The molecule has 2 aliphatic heterocycles. The van der Waals surface area contributed by atoms with Crippen LogP contribution in [0.4, 0.5) is 4.79 Å². The fourth-order valence-electron chi connectivity index (χ4n) is 10.7. The van der Waals surface area contributed by atoms with Gasteiger partial charge in [-0.25, -0.2) is 9.59 Å². The number of hydrogen-bond donors (Lipinski definition) is 1. The Kier molecular flexibility index (Phi) is 24.0. The highest BCUT2D eigenvalue weighted by molar-refractivity contribution is 5.89. The summed E-state index contributed by atoms with van der Waals surface area (Å²) in [5, 5.41) is 12.4. The molecule has 8 atom stereocenters. The molecule has 416 valence electrons. The van der Waals surface area contributed by atoms with Crippen LogP contribution in [0.25, 0.3) is 0 Å². The highest BCUT2D eigenvalue weighted by Crippen LogP contribution is 2.42. The molecule has 0 radical (unpaired) electrons. The van der Waals surface area contributed by atoms with Crippen molar-refractivity contribution < 1.29 is 52.6 Å². The average molecular weight is 1060 g/mol. The van der Waals surface area contributed by atoms with Crippen molar-refractivity contribution in [1.29, 1.82) is 0 Å². The minimum absolute atomic E-state index is 0.0652. The molecule has 12 heteroatoms. The molecule has 2 fully saturated rings. The third kappa shape index (κ3) is 18.3. The van der Waals surface area contributed by atoms with Gasteiger partial charge in [0.05, 0.1) is 30.9 Å². The summed E-state index contributed by atoms with van der Waals surface area (Å²) in [6, 6.07) is 47.0. The van der Waals surface area contributed by atoms with Crippen LogP contribution in [0.2, 0.25) is 0 Å². The lowest BCUT2D eigenvalue weighted by Gasteiger charge is -2.51. The van der Waals surface area contributed by atoms with Crippen LogP contribution in [-0.2, 0) is 64.3 Å². The molecule has 77 heavy (non-hydrogen) atoms. The Morgan fingerprint density at radius 3 is 1.62 bits per heavy atom. The average Bonchev–Trinajstić information content (AvgIpc) is 3.77. The van der Waals surface area contributed by atoms with Crippen LogP contribution >= 0.6 is 0 Å². The number of hydrogen-bond acceptors (Lipinski definition) is 11. The highest BCUT2D eigenvalue weighted by atomic mass is 16.8. The normalized spacial score (nSPS) is 22.3. The molecule has 0 spiro atoms. The number of rotatable bonds is 32. The Morgan fingerprint density at radius 1 is 0.584 bits per heavy atom. The van der Waals surface area contributed by atoms with Gasteiger partial charge in [0.1, 0.15) is 43.7 Å². The summed E-state index contributed by atoms with van der Waals surface area (Å²) in [4.78, 5) is 30.3. The Morgan fingerprint density at radius 2 is 1.08 bits per heavy atom.